The number of fused-ring (bicyclic) bond motifs is 1. The maximum atomic E-state index is 14.0. The highest BCUT2D eigenvalue weighted by Crippen LogP contribution is 2.42. The molecule has 2 aromatic heterocycles. The average Bonchev–Trinajstić information content (AvgIpc) is 3.33. The highest BCUT2D eigenvalue weighted by molar-refractivity contribution is 6.36. The van der Waals surface area contributed by atoms with E-state index in [-0.39, 0.29) is 11.6 Å². The maximum absolute atomic E-state index is 14.0. The van der Waals surface area contributed by atoms with Gasteiger partial charge in [0.25, 0.3) is 5.56 Å². The monoisotopic (exact) mass is 486 g/mol. The quantitative estimate of drug-likeness (QED) is 0.369. The molecule has 0 spiro atoms. The lowest BCUT2D eigenvalue weighted by Gasteiger charge is -2.31. The van der Waals surface area contributed by atoms with E-state index < -0.39 is 0 Å². The van der Waals surface area contributed by atoms with E-state index in [9.17, 15) is 4.79 Å². The Labute approximate surface area is 211 Å². The van der Waals surface area contributed by atoms with Gasteiger partial charge in [-0.1, -0.05) is 61.8 Å². The molecule has 2 aromatic carbocycles. The van der Waals surface area contributed by atoms with Crippen LogP contribution in [0, 0.1) is 0 Å². The highest BCUT2D eigenvalue weighted by Gasteiger charge is 2.31. The number of aromatic nitrogens is 2. The maximum Gasteiger partial charge on any atom is 0.260 e. The Morgan fingerprint density at radius 1 is 1.03 bits per heavy atom. The fourth-order valence-electron chi connectivity index (χ4n) is 5.16. The largest absolute Gasteiger partial charge is 0.352 e. The van der Waals surface area contributed by atoms with Gasteiger partial charge >= 0.3 is 0 Å². The first-order valence-electron chi connectivity index (χ1n) is 12.3. The lowest BCUT2D eigenvalue weighted by Crippen LogP contribution is -2.42. The molecular formula is C29H31ClN4O. The van der Waals surface area contributed by atoms with Crippen molar-refractivity contribution in [2.45, 2.75) is 38.8 Å². The molecule has 4 aromatic rings. The number of hydrogen-bond donors (Lipinski definition) is 1. The number of pyridine rings is 2. The Bertz CT molecular complexity index is 1410. The second-order valence-corrected chi connectivity index (χ2v) is 9.98. The van der Waals surface area contributed by atoms with E-state index in [1.165, 1.54) is 0 Å². The van der Waals surface area contributed by atoms with Crippen LogP contribution in [0.2, 0.25) is 5.02 Å². The number of nitrogens with one attached hydrogen (secondary N) is 1. The Balaban J connectivity index is 1.73. The number of anilines is 1. The minimum Gasteiger partial charge on any atom is -0.352 e. The van der Waals surface area contributed by atoms with Gasteiger partial charge in [-0.15, -0.1) is 0 Å². The van der Waals surface area contributed by atoms with Gasteiger partial charge in [0, 0.05) is 50.2 Å². The molecule has 5 rings (SSSR count). The van der Waals surface area contributed by atoms with Crippen molar-refractivity contribution >= 4 is 28.2 Å². The van der Waals surface area contributed by atoms with Crippen LogP contribution >= 0.6 is 11.6 Å². The zero-order valence-corrected chi connectivity index (χ0v) is 21.2. The lowest BCUT2D eigenvalue weighted by molar-refractivity contribution is 0.519. The fraction of sp³-hybridized carbons (Fsp3) is 0.310. The van der Waals surface area contributed by atoms with Crippen LogP contribution in [0.25, 0.3) is 33.0 Å². The third kappa shape index (κ3) is 4.46. The summed E-state index contributed by atoms with van der Waals surface area (Å²) in [5.41, 5.74) is 3.10. The molecule has 0 bridgehead atoms. The van der Waals surface area contributed by atoms with Gasteiger partial charge in [-0.2, -0.15) is 0 Å². The Morgan fingerprint density at radius 3 is 2.51 bits per heavy atom. The van der Waals surface area contributed by atoms with Gasteiger partial charge in [0.2, 0.25) is 0 Å². The number of halogens is 1. The zero-order valence-electron chi connectivity index (χ0n) is 20.5. The standard InChI is InChI=1S/C29H31ClN4O/c1-19(2)32-18-24-9-6-16-34(24)28-27(30)25(21-12-14-31-15-13-21)26(29(35)33(28)3)23-11-10-20-7-4-5-8-22(20)17-23/h4-5,7-8,10-15,17,19,24,32H,6,9,16,18H2,1-3H3/t24-/m1/s1. The van der Waals surface area contributed by atoms with Crippen molar-refractivity contribution in [1.82, 2.24) is 14.9 Å². The molecule has 6 heteroatoms. The molecule has 180 valence electrons. The SMILES string of the molecule is CC(C)NC[C@H]1CCCN1c1c(Cl)c(-c2ccncc2)c(-c2ccc3ccccc3c2)c(=O)n1C. The number of rotatable bonds is 6. The molecule has 35 heavy (non-hydrogen) atoms. The van der Waals surface area contributed by atoms with E-state index in [2.05, 4.69) is 53.3 Å². The molecular weight excluding hydrogens is 456 g/mol. The average molecular weight is 487 g/mol. The van der Waals surface area contributed by atoms with Crippen molar-refractivity contribution in [2.75, 3.05) is 18.0 Å². The molecule has 0 aliphatic carbocycles. The molecule has 1 aliphatic heterocycles. The summed E-state index contributed by atoms with van der Waals surface area (Å²) in [4.78, 5) is 20.6. The molecule has 3 heterocycles. The fourth-order valence-corrected chi connectivity index (χ4v) is 5.60. The summed E-state index contributed by atoms with van der Waals surface area (Å²) in [5.74, 6) is 0.793. The predicted octanol–water partition coefficient (Wildman–Crippen LogP) is 5.89. The molecule has 1 saturated heterocycles. The lowest BCUT2D eigenvalue weighted by atomic mass is 9.94. The second kappa shape index (κ2) is 9.84. The van der Waals surface area contributed by atoms with Crippen molar-refractivity contribution in [1.29, 1.82) is 0 Å². The first-order valence-corrected chi connectivity index (χ1v) is 12.7. The van der Waals surface area contributed by atoms with Crippen LogP contribution in [0.15, 0.2) is 71.8 Å². The van der Waals surface area contributed by atoms with Crippen molar-refractivity contribution < 1.29 is 0 Å². The summed E-state index contributed by atoms with van der Waals surface area (Å²) in [6, 6.07) is 18.9. The van der Waals surface area contributed by atoms with Gasteiger partial charge in [-0.25, -0.2) is 0 Å². The normalized spacial score (nSPS) is 15.9. The summed E-state index contributed by atoms with van der Waals surface area (Å²) in [6.07, 6.45) is 5.64. The summed E-state index contributed by atoms with van der Waals surface area (Å²) >= 11 is 7.26. The minimum absolute atomic E-state index is 0.0473. The third-order valence-electron chi connectivity index (χ3n) is 6.92. The van der Waals surface area contributed by atoms with Crippen LogP contribution in [0.1, 0.15) is 26.7 Å². The summed E-state index contributed by atoms with van der Waals surface area (Å²) in [6.45, 7) is 6.05. The van der Waals surface area contributed by atoms with Crippen LogP contribution in [0.3, 0.4) is 0 Å². The molecule has 1 aliphatic rings. The Morgan fingerprint density at radius 2 is 1.77 bits per heavy atom. The Hall–Kier alpha value is -3.15. The minimum atomic E-state index is -0.0473. The Kier molecular flexibility index (Phi) is 6.63. The topological polar surface area (TPSA) is 50.2 Å². The molecule has 0 radical (unpaired) electrons. The summed E-state index contributed by atoms with van der Waals surface area (Å²) < 4.78 is 1.74. The van der Waals surface area contributed by atoms with Gasteiger partial charge < -0.3 is 10.2 Å². The van der Waals surface area contributed by atoms with E-state index >= 15 is 0 Å². The first kappa shape index (κ1) is 23.6. The second-order valence-electron chi connectivity index (χ2n) is 9.60. The van der Waals surface area contributed by atoms with Gasteiger partial charge in [-0.05, 0) is 52.9 Å². The number of benzene rings is 2. The van der Waals surface area contributed by atoms with Gasteiger partial charge in [0.05, 0.1) is 10.6 Å². The molecule has 1 N–H and O–H groups in total. The molecule has 0 amide bonds. The highest BCUT2D eigenvalue weighted by atomic mass is 35.5. The van der Waals surface area contributed by atoms with Crippen molar-refractivity contribution in [3.8, 4) is 22.3 Å². The van der Waals surface area contributed by atoms with Gasteiger partial charge in [-0.3, -0.25) is 14.3 Å². The number of nitrogens with zero attached hydrogens (tertiary/aromatic N) is 3. The van der Waals surface area contributed by atoms with E-state index in [1.54, 1.807) is 17.0 Å². The molecule has 1 atom stereocenters. The molecule has 0 saturated carbocycles. The van der Waals surface area contributed by atoms with E-state index in [0.717, 1.165) is 59.2 Å². The predicted molar refractivity (Wildman–Crippen MR) is 146 cm³/mol. The van der Waals surface area contributed by atoms with Crippen molar-refractivity contribution in [3.05, 3.63) is 82.4 Å². The van der Waals surface area contributed by atoms with Crippen LogP contribution < -0.4 is 15.8 Å². The zero-order chi connectivity index (χ0) is 24.5. The van der Waals surface area contributed by atoms with Crippen LogP contribution in [0.4, 0.5) is 5.82 Å². The molecule has 1 fully saturated rings. The molecule has 5 nitrogen and oxygen atoms in total. The van der Waals surface area contributed by atoms with Crippen LogP contribution in [-0.2, 0) is 7.05 Å². The van der Waals surface area contributed by atoms with Gasteiger partial charge in [0.1, 0.15) is 5.82 Å². The van der Waals surface area contributed by atoms with E-state index in [0.29, 0.717) is 16.6 Å². The van der Waals surface area contributed by atoms with Crippen molar-refractivity contribution in [2.24, 2.45) is 7.05 Å². The summed E-state index contributed by atoms with van der Waals surface area (Å²) in [7, 11) is 1.84. The molecule has 0 unspecified atom stereocenters. The van der Waals surface area contributed by atoms with Crippen molar-refractivity contribution in [3.63, 3.8) is 0 Å². The van der Waals surface area contributed by atoms with Crippen LogP contribution in [-0.4, -0.2) is 34.7 Å². The van der Waals surface area contributed by atoms with E-state index in [1.807, 2.05) is 37.4 Å². The van der Waals surface area contributed by atoms with Gasteiger partial charge in [0.15, 0.2) is 0 Å². The third-order valence-corrected chi connectivity index (χ3v) is 7.28. The number of hydrogen-bond acceptors (Lipinski definition) is 4. The first-order chi connectivity index (χ1) is 17.0. The van der Waals surface area contributed by atoms with Crippen LogP contribution in [0.5, 0.6) is 0 Å². The van der Waals surface area contributed by atoms with E-state index in [4.69, 9.17) is 11.6 Å². The summed E-state index contributed by atoms with van der Waals surface area (Å²) in [5, 5.41) is 6.40. The smallest absolute Gasteiger partial charge is 0.260 e.